The van der Waals surface area contributed by atoms with Crippen LogP contribution < -0.4 is 5.32 Å². The normalized spacial score (nSPS) is 15.8. The van der Waals surface area contributed by atoms with E-state index in [1.165, 1.54) is 17.8 Å². The molecular weight excluding hydrogens is 330 g/mol. The Morgan fingerprint density at radius 3 is 2.58 bits per heavy atom. The highest BCUT2D eigenvalue weighted by molar-refractivity contribution is 7.99. The SMILES string of the molecule is O=C(NCC1(c2ccccc2)CCC1)c1cccnc1SC(F)F. The molecule has 24 heavy (non-hydrogen) atoms. The van der Waals surface area contributed by atoms with Gasteiger partial charge >= 0.3 is 0 Å². The molecular formula is C18H18F2N2OS. The molecule has 1 amide bonds. The second kappa shape index (κ2) is 7.30. The second-order valence-corrected chi connectivity index (χ2v) is 6.90. The van der Waals surface area contributed by atoms with Gasteiger partial charge in [0.1, 0.15) is 5.03 Å². The van der Waals surface area contributed by atoms with E-state index >= 15 is 0 Å². The average Bonchev–Trinajstić information content (AvgIpc) is 2.54. The molecule has 3 nitrogen and oxygen atoms in total. The summed E-state index contributed by atoms with van der Waals surface area (Å²) in [5.74, 6) is -2.96. The van der Waals surface area contributed by atoms with E-state index in [9.17, 15) is 13.6 Å². The number of hydrogen-bond acceptors (Lipinski definition) is 3. The summed E-state index contributed by atoms with van der Waals surface area (Å²) in [5.41, 5.74) is 1.37. The molecule has 1 aliphatic rings. The number of benzene rings is 1. The van der Waals surface area contributed by atoms with Crippen molar-refractivity contribution in [3.63, 3.8) is 0 Å². The van der Waals surface area contributed by atoms with Crippen LogP contribution in [0.4, 0.5) is 8.78 Å². The molecule has 3 rings (SSSR count). The number of nitrogens with one attached hydrogen (secondary N) is 1. The van der Waals surface area contributed by atoms with Gasteiger partial charge in [0.05, 0.1) is 5.56 Å². The van der Waals surface area contributed by atoms with Gasteiger partial charge in [-0.1, -0.05) is 36.8 Å². The first kappa shape index (κ1) is 16.9. The summed E-state index contributed by atoms with van der Waals surface area (Å²) in [5, 5.41) is 2.98. The lowest BCUT2D eigenvalue weighted by Gasteiger charge is -2.42. The summed E-state index contributed by atoms with van der Waals surface area (Å²) in [6.07, 6.45) is 4.58. The number of carbonyl (C=O) groups is 1. The first-order chi connectivity index (χ1) is 11.6. The van der Waals surface area contributed by atoms with E-state index < -0.39 is 5.76 Å². The zero-order chi connectivity index (χ0) is 17.0. The van der Waals surface area contributed by atoms with E-state index in [1.807, 2.05) is 18.2 Å². The summed E-state index contributed by atoms with van der Waals surface area (Å²) in [6.45, 7) is 0.503. The molecule has 126 valence electrons. The van der Waals surface area contributed by atoms with Crippen LogP contribution in [0.25, 0.3) is 0 Å². The van der Waals surface area contributed by atoms with Gasteiger partial charge in [-0.05, 0) is 42.3 Å². The van der Waals surface area contributed by atoms with Crippen LogP contribution in [0.2, 0.25) is 0 Å². The van der Waals surface area contributed by atoms with Crippen LogP contribution in [-0.2, 0) is 5.41 Å². The highest BCUT2D eigenvalue weighted by atomic mass is 32.2. The maximum absolute atomic E-state index is 12.6. The van der Waals surface area contributed by atoms with Crippen LogP contribution >= 0.6 is 11.8 Å². The van der Waals surface area contributed by atoms with E-state index in [0.29, 0.717) is 18.3 Å². The van der Waals surface area contributed by atoms with Crippen molar-refractivity contribution in [2.75, 3.05) is 6.54 Å². The minimum Gasteiger partial charge on any atom is -0.351 e. The van der Waals surface area contributed by atoms with Crippen molar-refractivity contribution in [1.82, 2.24) is 10.3 Å². The van der Waals surface area contributed by atoms with Crippen LogP contribution in [0.1, 0.15) is 35.2 Å². The number of amides is 1. The zero-order valence-corrected chi connectivity index (χ0v) is 13.9. The van der Waals surface area contributed by atoms with Gasteiger partial charge in [-0.25, -0.2) is 4.98 Å². The standard InChI is InChI=1S/C18H18F2N2OS/c19-17(20)24-16-14(8-4-11-21-16)15(23)22-12-18(9-5-10-18)13-6-2-1-3-7-13/h1-4,6-8,11,17H,5,9-10,12H2,(H,22,23). The molecule has 2 aromatic rings. The Morgan fingerprint density at radius 2 is 1.96 bits per heavy atom. The molecule has 0 aliphatic heterocycles. The molecule has 1 aromatic carbocycles. The van der Waals surface area contributed by atoms with Gasteiger partial charge < -0.3 is 5.32 Å². The van der Waals surface area contributed by atoms with Crippen molar-refractivity contribution in [2.24, 2.45) is 0 Å². The molecule has 1 aliphatic carbocycles. The number of carbonyl (C=O) groups excluding carboxylic acids is 1. The predicted molar refractivity (Wildman–Crippen MR) is 90.4 cm³/mol. The third-order valence-electron chi connectivity index (χ3n) is 4.50. The number of thioether (sulfide) groups is 1. The summed E-state index contributed by atoms with van der Waals surface area (Å²) in [7, 11) is 0. The minimum atomic E-state index is -2.60. The molecule has 0 bridgehead atoms. The third kappa shape index (κ3) is 3.59. The maximum atomic E-state index is 12.6. The van der Waals surface area contributed by atoms with Gasteiger partial charge in [0.25, 0.3) is 11.7 Å². The Balaban J connectivity index is 1.72. The van der Waals surface area contributed by atoms with Gasteiger partial charge in [-0.2, -0.15) is 8.78 Å². The van der Waals surface area contributed by atoms with E-state index in [0.717, 1.165) is 19.3 Å². The lowest BCUT2D eigenvalue weighted by atomic mass is 9.64. The molecule has 1 aromatic heterocycles. The summed E-state index contributed by atoms with van der Waals surface area (Å²) < 4.78 is 25.2. The smallest absolute Gasteiger partial charge is 0.290 e. The number of halogens is 2. The molecule has 0 spiro atoms. The molecule has 1 saturated carbocycles. The molecule has 0 radical (unpaired) electrons. The largest absolute Gasteiger partial charge is 0.351 e. The van der Waals surface area contributed by atoms with Crippen molar-refractivity contribution in [2.45, 2.75) is 35.5 Å². The fourth-order valence-corrected chi connectivity index (χ4v) is 3.63. The molecule has 0 atom stereocenters. The zero-order valence-electron chi connectivity index (χ0n) is 13.0. The summed E-state index contributed by atoms with van der Waals surface area (Å²) >= 11 is 0.298. The van der Waals surface area contributed by atoms with Crippen LogP contribution in [0.5, 0.6) is 0 Å². The highest BCUT2D eigenvalue weighted by Gasteiger charge is 2.38. The van der Waals surface area contributed by atoms with Crippen molar-refractivity contribution in [3.8, 4) is 0 Å². The lowest BCUT2D eigenvalue weighted by molar-refractivity contribution is 0.0924. The fraction of sp³-hybridized carbons (Fsp3) is 0.333. The molecule has 6 heteroatoms. The van der Waals surface area contributed by atoms with Crippen LogP contribution in [0.15, 0.2) is 53.7 Å². The lowest BCUT2D eigenvalue weighted by Crippen LogP contribution is -2.45. The number of alkyl halides is 2. The first-order valence-electron chi connectivity index (χ1n) is 7.84. The number of aromatic nitrogens is 1. The molecule has 1 fully saturated rings. The van der Waals surface area contributed by atoms with Crippen LogP contribution in [0, 0.1) is 0 Å². The van der Waals surface area contributed by atoms with Gasteiger partial charge in [0.15, 0.2) is 0 Å². The van der Waals surface area contributed by atoms with Gasteiger partial charge in [-0.15, -0.1) is 0 Å². The molecule has 0 saturated heterocycles. The van der Waals surface area contributed by atoms with Crippen molar-refractivity contribution in [3.05, 3.63) is 59.8 Å². The second-order valence-electron chi connectivity index (χ2n) is 5.92. The van der Waals surface area contributed by atoms with Crippen molar-refractivity contribution >= 4 is 17.7 Å². The van der Waals surface area contributed by atoms with Crippen molar-refractivity contribution in [1.29, 1.82) is 0 Å². The highest BCUT2D eigenvalue weighted by Crippen LogP contribution is 2.43. The molecule has 0 unspecified atom stereocenters. The number of hydrogen-bond donors (Lipinski definition) is 1. The van der Waals surface area contributed by atoms with Gasteiger partial charge in [0, 0.05) is 18.2 Å². The minimum absolute atomic E-state index is 0.0465. The fourth-order valence-electron chi connectivity index (χ4n) is 3.05. The first-order valence-corrected chi connectivity index (χ1v) is 8.72. The van der Waals surface area contributed by atoms with E-state index in [-0.39, 0.29) is 21.9 Å². The van der Waals surface area contributed by atoms with Crippen LogP contribution in [-0.4, -0.2) is 23.2 Å². The number of nitrogens with zero attached hydrogens (tertiary/aromatic N) is 1. The topological polar surface area (TPSA) is 42.0 Å². The van der Waals surface area contributed by atoms with E-state index in [2.05, 4.69) is 22.4 Å². The monoisotopic (exact) mass is 348 g/mol. The molecule has 1 N–H and O–H groups in total. The average molecular weight is 348 g/mol. The molecule has 1 heterocycles. The third-order valence-corrected chi connectivity index (χ3v) is 5.23. The quantitative estimate of drug-likeness (QED) is 0.794. The number of rotatable bonds is 6. The maximum Gasteiger partial charge on any atom is 0.290 e. The van der Waals surface area contributed by atoms with Gasteiger partial charge in [0.2, 0.25) is 0 Å². The van der Waals surface area contributed by atoms with E-state index in [4.69, 9.17) is 0 Å². The van der Waals surface area contributed by atoms with Gasteiger partial charge in [-0.3, -0.25) is 4.79 Å². The predicted octanol–water partition coefficient (Wildman–Crippen LogP) is 4.25. The Hall–Kier alpha value is -1.95. The van der Waals surface area contributed by atoms with E-state index in [1.54, 1.807) is 6.07 Å². The summed E-state index contributed by atoms with van der Waals surface area (Å²) in [4.78, 5) is 16.4. The Bertz CT molecular complexity index is 705. The Labute approximate surface area is 143 Å². The Morgan fingerprint density at radius 1 is 1.21 bits per heavy atom. The van der Waals surface area contributed by atoms with Crippen LogP contribution in [0.3, 0.4) is 0 Å². The van der Waals surface area contributed by atoms with Crippen molar-refractivity contribution < 1.29 is 13.6 Å². The number of pyridine rings is 1. The summed E-state index contributed by atoms with van der Waals surface area (Å²) in [6, 6.07) is 13.2. The Kier molecular flexibility index (Phi) is 5.14.